The van der Waals surface area contributed by atoms with Crippen LogP contribution in [0.15, 0.2) is 140 Å². The zero-order valence-electron chi connectivity index (χ0n) is 44.4. The summed E-state index contributed by atoms with van der Waals surface area (Å²) in [4.78, 5) is 7.95. The van der Waals surface area contributed by atoms with Gasteiger partial charge in [-0.15, -0.1) is 11.3 Å². The molecule has 5 heteroatoms. The van der Waals surface area contributed by atoms with Crippen LogP contribution in [0.5, 0.6) is 0 Å². The molecule has 358 valence electrons. The standard InChI is InChI=1S/C66H70BN3S/c1-41-24-31-56-48(36-41)58-61(71-56)70(53-30-25-43(37-42(53)2)62(3,4)5)55-40-47(68(44-20-16-14-17-21-44)45-22-18-15-19-23-45)39-54-59(55)67(58)52-29-28-50-57(66(12,13)35-34-64(50,8)9)60(52)69(54)46-26-27-49-51(38-46)65(10,11)33-32-63(49,6)7/h14-31,36-40H,32-35H2,1-13H3. The maximum atomic E-state index is 2.78. The number of anilines is 9. The maximum absolute atomic E-state index is 2.78. The van der Waals surface area contributed by atoms with E-state index < -0.39 is 0 Å². The molecule has 8 aromatic rings. The molecule has 0 N–H and O–H groups in total. The monoisotopic (exact) mass is 948 g/mol. The van der Waals surface area contributed by atoms with E-state index in [1.54, 1.807) is 0 Å². The summed E-state index contributed by atoms with van der Waals surface area (Å²) in [5.74, 6) is 0. The van der Waals surface area contributed by atoms with Gasteiger partial charge in [-0.25, -0.2) is 0 Å². The third kappa shape index (κ3) is 7.10. The predicted octanol–water partition coefficient (Wildman–Crippen LogP) is 17.1. The third-order valence-corrected chi connectivity index (χ3v) is 18.6. The molecular formula is C66H70BN3S. The van der Waals surface area contributed by atoms with Crippen LogP contribution in [0, 0.1) is 13.8 Å². The maximum Gasteiger partial charge on any atom is 0.254 e. The molecule has 0 saturated heterocycles. The number of benzene rings is 7. The van der Waals surface area contributed by atoms with Gasteiger partial charge in [0.15, 0.2) is 0 Å². The highest BCUT2D eigenvalue weighted by Crippen LogP contribution is 2.57. The van der Waals surface area contributed by atoms with Crippen LogP contribution in [0.2, 0.25) is 0 Å². The number of fused-ring (bicyclic) bond motifs is 9. The molecule has 0 bridgehead atoms. The highest BCUT2D eigenvalue weighted by Gasteiger charge is 2.50. The molecule has 0 fully saturated rings. The number of hydrogen-bond donors (Lipinski definition) is 0. The lowest BCUT2D eigenvalue weighted by atomic mass is 9.33. The van der Waals surface area contributed by atoms with Crippen LogP contribution in [0.25, 0.3) is 10.1 Å². The SMILES string of the molecule is Cc1ccc2sc3c(c2c1)B1c2ccc4c(c2N(c2ccc5c(c2)C(C)(C)CCC5(C)C)c2cc(N(c5ccccc5)c5ccccc5)cc(c21)N3c1ccc(C(C)(C)C)cc1C)C(C)(C)CCC4(C)C. The highest BCUT2D eigenvalue weighted by atomic mass is 32.1. The van der Waals surface area contributed by atoms with Crippen LogP contribution < -0.4 is 31.1 Å². The fourth-order valence-electron chi connectivity index (χ4n) is 13.2. The second-order valence-electron chi connectivity index (χ2n) is 25.3. The molecular weight excluding hydrogens is 878 g/mol. The lowest BCUT2D eigenvalue weighted by molar-refractivity contribution is 0.331. The quantitative estimate of drug-likeness (QED) is 0.159. The topological polar surface area (TPSA) is 9.72 Å². The first-order chi connectivity index (χ1) is 33.6. The molecule has 0 radical (unpaired) electrons. The Balaban J connectivity index is 1.27. The van der Waals surface area contributed by atoms with Crippen LogP contribution in [-0.2, 0) is 27.1 Å². The molecule has 0 amide bonds. The minimum atomic E-state index is -0.0648. The van der Waals surface area contributed by atoms with Crippen molar-refractivity contribution in [3.63, 3.8) is 0 Å². The third-order valence-electron chi connectivity index (χ3n) is 17.5. The normalized spacial score (nSPS) is 17.8. The fourth-order valence-corrected chi connectivity index (χ4v) is 14.4. The second-order valence-corrected chi connectivity index (χ2v) is 26.3. The Bertz CT molecular complexity index is 3420. The molecule has 12 rings (SSSR count). The van der Waals surface area contributed by atoms with Gasteiger partial charge in [0.25, 0.3) is 6.71 Å². The van der Waals surface area contributed by atoms with Gasteiger partial charge in [-0.1, -0.05) is 161 Å². The van der Waals surface area contributed by atoms with Crippen molar-refractivity contribution in [3.05, 3.63) is 178 Å². The van der Waals surface area contributed by atoms with Crippen molar-refractivity contribution in [1.82, 2.24) is 0 Å². The molecule has 0 unspecified atom stereocenters. The van der Waals surface area contributed by atoms with E-state index in [0.717, 1.165) is 36.3 Å². The Hall–Kier alpha value is -6.04. The average Bonchev–Trinajstić information content (AvgIpc) is 3.70. The van der Waals surface area contributed by atoms with Gasteiger partial charge in [-0.3, -0.25) is 0 Å². The van der Waals surface area contributed by atoms with E-state index in [-0.39, 0.29) is 33.8 Å². The molecule has 7 aromatic carbocycles. The minimum absolute atomic E-state index is 0.00250. The summed E-state index contributed by atoms with van der Waals surface area (Å²) < 4.78 is 1.34. The summed E-state index contributed by atoms with van der Waals surface area (Å²) in [7, 11) is 0. The van der Waals surface area contributed by atoms with Crippen LogP contribution in [0.4, 0.5) is 50.5 Å². The zero-order chi connectivity index (χ0) is 49.7. The van der Waals surface area contributed by atoms with Crippen molar-refractivity contribution >= 4 is 95.0 Å². The minimum Gasteiger partial charge on any atom is -0.311 e. The van der Waals surface area contributed by atoms with E-state index >= 15 is 0 Å². The highest BCUT2D eigenvalue weighted by molar-refractivity contribution is 7.26. The van der Waals surface area contributed by atoms with E-state index in [9.17, 15) is 0 Å². The van der Waals surface area contributed by atoms with Gasteiger partial charge in [-0.05, 0) is 182 Å². The van der Waals surface area contributed by atoms with Crippen molar-refractivity contribution < 1.29 is 0 Å². The van der Waals surface area contributed by atoms with Crippen molar-refractivity contribution in [3.8, 4) is 0 Å². The summed E-state index contributed by atoms with van der Waals surface area (Å²) in [5, 5.41) is 2.69. The van der Waals surface area contributed by atoms with Gasteiger partial charge in [-0.2, -0.15) is 0 Å². The van der Waals surface area contributed by atoms with Gasteiger partial charge < -0.3 is 14.7 Å². The molecule has 3 heterocycles. The van der Waals surface area contributed by atoms with E-state index in [1.165, 1.54) is 105 Å². The van der Waals surface area contributed by atoms with Gasteiger partial charge >= 0.3 is 0 Å². The van der Waals surface area contributed by atoms with Crippen molar-refractivity contribution in [2.75, 3.05) is 14.7 Å². The summed E-state index contributed by atoms with van der Waals surface area (Å²) >= 11 is 1.96. The largest absolute Gasteiger partial charge is 0.311 e. The van der Waals surface area contributed by atoms with E-state index in [4.69, 9.17) is 0 Å². The molecule has 2 aliphatic carbocycles. The van der Waals surface area contributed by atoms with E-state index in [0.29, 0.717) is 0 Å². The van der Waals surface area contributed by atoms with Crippen molar-refractivity contribution in [2.24, 2.45) is 0 Å². The Kier molecular flexibility index (Phi) is 10.2. The molecule has 0 saturated carbocycles. The number of thiophene rings is 1. The van der Waals surface area contributed by atoms with Gasteiger partial charge in [0.05, 0.1) is 10.7 Å². The molecule has 71 heavy (non-hydrogen) atoms. The van der Waals surface area contributed by atoms with Gasteiger partial charge in [0, 0.05) is 44.5 Å². The molecule has 2 aliphatic heterocycles. The summed E-state index contributed by atoms with van der Waals surface area (Å²) in [6.45, 7) is 31.5. The summed E-state index contributed by atoms with van der Waals surface area (Å²) in [5.41, 5.74) is 24.0. The first kappa shape index (κ1) is 46.1. The summed E-state index contributed by atoms with van der Waals surface area (Å²) in [6, 6.07) is 54.3. The van der Waals surface area contributed by atoms with Crippen LogP contribution in [-0.4, -0.2) is 6.71 Å². The number of para-hydroxylation sites is 2. The number of rotatable bonds is 5. The van der Waals surface area contributed by atoms with Gasteiger partial charge in [0.1, 0.15) is 0 Å². The van der Waals surface area contributed by atoms with Crippen LogP contribution >= 0.6 is 11.3 Å². The smallest absolute Gasteiger partial charge is 0.254 e. The Morgan fingerprint density at radius 2 is 1.11 bits per heavy atom. The lowest BCUT2D eigenvalue weighted by Crippen LogP contribution is -2.61. The number of nitrogens with zero attached hydrogens (tertiary/aromatic N) is 3. The Labute approximate surface area is 428 Å². The molecule has 3 nitrogen and oxygen atoms in total. The molecule has 0 atom stereocenters. The number of hydrogen-bond acceptors (Lipinski definition) is 4. The lowest BCUT2D eigenvalue weighted by Gasteiger charge is -2.50. The number of aryl methyl sites for hydroxylation is 2. The molecule has 1 aromatic heterocycles. The van der Waals surface area contributed by atoms with Gasteiger partial charge in [0.2, 0.25) is 0 Å². The first-order valence-electron chi connectivity index (χ1n) is 26.3. The fraction of sp³-hybridized carbons (Fsp3) is 0.333. The Morgan fingerprint density at radius 1 is 0.521 bits per heavy atom. The van der Waals surface area contributed by atoms with E-state index in [1.807, 2.05) is 11.3 Å². The second kappa shape index (κ2) is 15.7. The molecule has 4 aliphatic rings. The van der Waals surface area contributed by atoms with Crippen molar-refractivity contribution in [2.45, 2.75) is 143 Å². The van der Waals surface area contributed by atoms with Crippen LogP contribution in [0.1, 0.15) is 141 Å². The van der Waals surface area contributed by atoms with E-state index in [2.05, 4.69) is 244 Å². The predicted molar refractivity (Wildman–Crippen MR) is 309 cm³/mol. The molecule has 0 spiro atoms. The van der Waals surface area contributed by atoms with Crippen LogP contribution in [0.3, 0.4) is 0 Å². The Morgan fingerprint density at radius 3 is 1.75 bits per heavy atom. The zero-order valence-corrected chi connectivity index (χ0v) is 45.3. The average molecular weight is 948 g/mol. The van der Waals surface area contributed by atoms with Crippen molar-refractivity contribution in [1.29, 1.82) is 0 Å². The summed E-state index contributed by atoms with van der Waals surface area (Å²) in [6.07, 6.45) is 4.64. The first-order valence-corrected chi connectivity index (χ1v) is 27.1.